The molecular formula is C26H23I2N5Na4O19PS6-. The Hall–Kier alpha value is 1.93. The molecule has 3 N–H and O–H groups in total. The molecule has 0 amide bonds. The van der Waals surface area contributed by atoms with Crippen LogP contribution in [0.1, 0.15) is 0 Å². The average Bonchev–Trinajstić information content (AvgIpc) is 3.15. The van der Waals surface area contributed by atoms with Crippen LogP contribution in [0.2, 0.25) is 0 Å². The maximum atomic E-state index is 12.8. The number of phenols is 1. The van der Waals surface area contributed by atoms with Crippen molar-refractivity contribution in [3.63, 3.8) is 0 Å². The standard InChI is InChI=1S/C26H25N5O19S6.H2I2P.4Na/c27-23-22-15(12-21(55(39,40)41)25(23)31-29-17-4-2-6-19(14-17)54(37,38)10-8-46-56(42,43)44)11-20(51-49-47-33)24(26(22)32)30-28-16-3-1-5-18(13-16)53(35,36)9-7-45-52-50-48-34;1-2-3;;;;/h1-6,11-14,32-34H,7-10,27H2,(H,39,40,41)(H,42,43,44);3H2;;;;/q;-1;4*+1/p-4. The molecule has 0 aliphatic rings. The van der Waals surface area contributed by atoms with Gasteiger partial charge in [0, 0.05) is 0 Å². The zero-order valence-corrected chi connectivity index (χ0v) is 50.9. The fourth-order valence-electron chi connectivity index (χ4n) is 4.40. The Kier molecular flexibility index (Phi) is 34.1. The van der Waals surface area contributed by atoms with Crippen molar-refractivity contribution in [3.8, 4) is 5.75 Å². The van der Waals surface area contributed by atoms with E-state index in [9.17, 15) is 58.4 Å². The third kappa shape index (κ3) is 21.9. The van der Waals surface area contributed by atoms with Gasteiger partial charge in [-0.05, 0) is 53.9 Å². The summed E-state index contributed by atoms with van der Waals surface area (Å²) < 4.78 is 137. The first-order chi connectivity index (χ1) is 27.7. The van der Waals surface area contributed by atoms with E-state index >= 15 is 0 Å². The molecule has 0 bridgehead atoms. The zero-order chi connectivity index (χ0) is 44.0. The summed E-state index contributed by atoms with van der Waals surface area (Å²) in [6.07, 6.45) is 0. The van der Waals surface area contributed by atoms with Crippen LogP contribution in [-0.4, -0.2) is 72.6 Å². The normalized spacial score (nSPS) is 11.9. The molecule has 0 fully saturated rings. The Labute approximate surface area is 478 Å². The Bertz CT molecular complexity index is 2650. The molecule has 0 aromatic heterocycles. The van der Waals surface area contributed by atoms with Crippen LogP contribution in [0.3, 0.4) is 0 Å². The summed E-state index contributed by atoms with van der Waals surface area (Å²) in [6.45, 7) is 1.26. The van der Waals surface area contributed by atoms with Gasteiger partial charge in [-0.3, -0.25) is 18.4 Å². The molecule has 4 rings (SSSR count). The molecule has 4 aromatic rings. The molecule has 326 valence electrons. The number of azo groups is 2. The molecule has 0 radical (unpaired) electrons. The number of nitrogens with two attached hydrogens (primary N) is 1. The second-order valence-electron chi connectivity index (χ2n) is 10.4. The molecule has 0 saturated heterocycles. The predicted octanol–water partition coefficient (Wildman–Crippen LogP) is -11.8. The summed E-state index contributed by atoms with van der Waals surface area (Å²) in [5, 5.41) is 53.0. The van der Waals surface area contributed by atoms with E-state index in [-0.39, 0.29) is 169 Å². The summed E-state index contributed by atoms with van der Waals surface area (Å²) in [5.74, 6) is -2.36. The number of phenolic OH excluding ortho intramolecular Hbond substituents is 1. The van der Waals surface area contributed by atoms with Crippen LogP contribution in [0.5, 0.6) is 5.75 Å². The summed E-state index contributed by atoms with van der Waals surface area (Å²) in [5.41, 5.74) is 3.89. The summed E-state index contributed by atoms with van der Waals surface area (Å²) >= 11 is 3.11. The van der Waals surface area contributed by atoms with Gasteiger partial charge in [0.1, 0.15) is 21.5 Å². The van der Waals surface area contributed by atoms with E-state index in [1.807, 2.05) is 0 Å². The van der Waals surface area contributed by atoms with Gasteiger partial charge in [-0.1, -0.05) is 12.1 Å². The van der Waals surface area contributed by atoms with Gasteiger partial charge in [0.2, 0.25) is 10.4 Å². The van der Waals surface area contributed by atoms with E-state index in [0.717, 1.165) is 30.3 Å². The monoisotopic (exact) mass is 1280 g/mol. The Morgan fingerprint density at radius 3 is 1.71 bits per heavy atom. The first-order valence-corrected chi connectivity index (χ1v) is 32.6. The molecule has 0 aliphatic carbocycles. The van der Waals surface area contributed by atoms with Gasteiger partial charge >= 0.3 is 160 Å². The predicted molar refractivity (Wildman–Crippen MR) is 206 cm³/mol. The Balaban J connectivity index is 0. The van der Waals surface area contributed by atoms with E-state index in [0.29, 0.717) is 16.7 Å². The minimum Gasteiger partial charge on any atom is 1.00 e. The number of fused-ring (bicyclic) bond motifs is 1. The van der Waals surface area contributed by atoms with E-state index in [1.165, 1.54) is 30.3 Å². The summed E-state index contributed by atoms with van der Waals surface area (Å²) in [6, 6.07) is 11.1. The summed E-state index contributed by atoms with van der Waals surface area (Å²) in [4.78, 5) is -2.02. The van der Waals surface area contributed by atoms with Crippen LogP contribution >= 0.6 is 49.9 Å². The number of halogens is 2. The molecule has 4 aromatic carbocycles. The van der Waals surface area contributed by atoms with Crippen LogP contribution in [-0.2, 0) is 67.3 Å². The largest absolute Gasteiger partial charge is 1.00 e. The molecule has 0 heterocycles. The molecule has 0 spiro atoms. The van der Waals surface area contributed by atoms with E-state index in [4.69, 9.17) is 9.92 Å². The van der Waals surface area contributed by atoms with Crippen LogP contribution in [0.4, 0.5) is 28.4 Å². The maximum Gasteiger partial charge on any atom is 1.00 e. The minimum absolute atomic E-state index is 0. The fourth-order valence-corrected chi connectivity index (χ4v) is 8.51. The maximum absolute atomic E-state index is 12.8. The molecular weight excluding hydrogens is 1260 g/mol. The first kappa shape index (κ1) is 67.0. The number of nitrogens with zero attached hydrogens (tertiary/aromatic N) is 4. The third-order valence-corrected chi connectivity index (χ3v) is 12.4. The number of aromatic hydroxyl groups is 1. The molecule has 1 unspecified atom stereocenters. The number of anilines is 1. The van der Waals surface area contributed by atoms with Crippen molar-refractivity contribution in [1.29, 1.82) is 0 Å². The topological polar surface area (TPSA) is 380 Å². The van der Waals surface area contributed by atoms with Crippen molar-refractivity contribution >= 4 is 129 Å². The quantitative estimate of drug-likeness (QED) is 0.00709. The molecule has 37 heteroatoms. The van der Waals surface area contributed by atoms with Gasteiger partial charge in [-0.2, -0.15) is 14.6 Å². The van der Waals surface area contributed by atoms with Crippen molar-refractivity contribution in [2.75, 3.05) is 30.5 Å². The average molecular weight is 1280 g/mol. The second kappa shape index (κ2) is 32.0. The first-order valence-electron chi connectivity index (χ1n) is 14.7. The molecule has 24 nitrogen and oxygen atoms in total. The van der Waals surface area contributed by atoms with E-state index < -0.39 is 103 Å². The van der Waals surface area contributed by atoms with Crippen LogP contribution in [0, 0.1) is 0 Å². The van der Waals surface area contributed by atoms with E-state index in [1.54, 1.807) is 0 Å². The number of benzene rings is 4. The zero-order valence-electron chi connectivity index (χ0n) is 32.5. The molecule has 1 atom stereocenters. The number of nitrogen functional groups attached to an aromatic ring is 1. The van der Waals surface area contributed by atoms with Crippen LogP contribution < -0.4 is 151 Å². The molecule has 0 saturated carbocycles. The van der Waals surface area contributed by atoms with Gasteiger partial charge in [0.25, 0.3) is 0 Å². The van der Waals surface area contributed by atoms with Crippen molar-refractivity contribution in [3.05, 3.63) is 60.7 Å². The van der Waals surface area contributed by atoms with Gasteiger partial charge in [0.15, 0.2) is 37.7 Å². The van der Waals surface area contributed by atoms with Gasteiger partial charge in [-0.25, -0.2) is 33.7 Å². The number of sulfone groups is 2. The van der Waals surface area contributed by atoms with Gasteiger partial charge < -0.3 is 30.5 Å². The SMILES string of the molecule is Nc1c(N=Nc2cccc(S(=O)(=O)CCOS(=O)(=O)[O-])c2)c(S(=O)(=O)[O-])cc2cc(SOO[O-])c(N=Nc3cccc(S(=O)(=O)CCOSOO[O-])c3)c(O)c12.P[I-]I.[Na+].[Na+].[Na+].[Na+]. The Morgan fingerprint density at radius 1 is 0.746 bits per heavy atom. The Morgan fingerprint density at radius 2 is 1.24 bits per heavy atom. The van der Waals surface area contributed by atoms with Crippen LogP contribution in [0.15, 0.2) is 101 Å². The second-order valence-corrected chi connectivity index (χ2v) is 29.3. The van der Waals surface area contributed by atoms with Crippen molar-refractivity contribution in [2.45, 2.75) is 19.6 Å². The molecule has 63 heavy (non-hydrogen) atoms. The van der Waals surface area contributed by atoms with Crippen molar-refractivity contribution in [2.24, 2.45) is 20.5 Å². The van der Waals surface area contributed by atoms with E-state index in [2.05, 4.69) is 68.9 Å². The fraction of sp³-hybridized carbons (Fsp3) is 0.154. The van der Waals surface area contributed by atoms with Gasteiger partial charge in [-0.15, -0.1) is 14.6 Å². The van der Waals surface area contributed by atoms with Crippen molar-refractivity contribution in [1.82, 2.24) is 0 Å². The minimum atomic E-state index is -5.42. The number of rotatable bonds is 20. The van der Waals surface area contributed by atoms with Crippen molar-refractivity contribution < 1.29 is 220 Å². The summed E-state index contributed by atoms with van der Waals surface area (Å²) in [7, 11) is -18.9. The van der Waals surface area contributed by atoms with Gasteiger partial charge in [0.05, 0.1) is 78.8 Å². The number of hydrogen-bond acceptors (Lipinski definition) is 26. The number of hydrogen-bond donors (Lipinski definition) is 2. The third-order valence-electron chi connectivity index (χ3n) is 6.74. The molecule has 0 aliphatic heterocycles. The smallest absolute Gasteiger partial charge is 1.00 e. The van der Waals surface area contributed by atoms with Crippen LogP contribution in [0.25, 0.3) is 10.8 Å².